The van der Waals surface area contributed by atoms with Crippen molar-refractivity contribution in [3.05, 3.63) is 24.0 Å². The van der Waals surface area contributed by atoms with Crippen LogP contribution in [0.25, 0.3) is 0 Å². The van der Waals surface area contributed by atoms with Crippen LogP contribution in [0.15, 0.2) is 18.3 Å². The Labute approximate surface area is 102 Å². The van der Waals surface area contributed by atoms with Crippen LogP contribution in [-0.4, -0.2) is 28.9 Å². The lowest BCUT2D eigenvalue weighted by atomic mass is 9.94. The molecule has 0 atom stereocenters. The van der Waals surface area contributed by atoms with E-state index in [-0.39, 0.29) is 5.91 Å². The van der Waals surface area contributed by atoms with E-state index in [0.29, 0.717) is 11.4 Å². The van der Waals surface area contributed by atoms with E-state index < -0.39 is 0 Å². The topological polar surface area (TPSA) is 59.2 Å². The SMILES string of the molecule is CCC1CCN(C(=O)c2ccc(N)cn2)CC1. The summed E-state index contributed by atoms with van der Waals surface area (Å²) in [6, 6.07) is 3.42. The van der Waals surface area contributed by atoms with Crippen molar-refractivity contribution >= 4 is 11.6 Å². The van der Waals surface area contributed by atoms with Crippen molar-refractivity contribution in [2.45, 2.75) is 26.2 Å². The minimum absolute atomic E-state index is 0.0274. The predicted octanol–water partition coefficient (Wildman–Crippen LogP) is 1.93. The van der Waals surface area contributed by atoms with Crippen molar-refractivity contribution in [3.8, 4) is 0 Å². The molecule has 1 amide bonds. The van der Waals surface area contributed by atoms with Gasteiger partial charge in [-0.05, 0) is 30.9 Å². The summed E-state index contributed by atoms with van der Waals surface area (Å²) in [5.41, 5.74) is 6.64. The highest BCUT2D eigenvalue weighted by Gasteiger charge is 2.23. The number of hydrogen-bond donors (Lipinski definition) is 1. The predicted molar refractivity (Wildman–Crippen MR) is 67.6 cm³/mol. The highest BCUT2D eigenvalue weighted by molar-refractivity contribution is 5.92. The third kappa shape index (κ3) is 2.75. The number of nitrogen functional groups attached to an aromatic ring is 1. The molecule has 4 nitrogen and oxygen atoms in total. The maximum atomic E-state index is 12.1. The molecule has 92 valence electrons. The van der Waals surface area contributed by atoms with Crippen LogP contribution in [0.2, 0.25) is 0 Å². The lowest BCUT2D eigenvalue weighted by Crippen LogP contribution is -2.38. The van der Waals surface area contributed by atoms with Gasteiger partial charge in [-0.25, -0.2) is 4.98 Å². The Bertz CT molecular complexity index is 380. The van der Waals surface area contributed by atoms with Crippen molar-refractivity contribution < 1.29 is 4.79 Å². The van der Waals surface area contributed by atoms with Gasteiger partial charge in [0, 0.05) is 13.1 Å². The molecule has 4 heteroatoms. The van der Waals surface area contributed by atoms with E-state index >= 15 is 0 Å². The van der Waals surface area contributed by atoms with Crippen LogP contribution < -0.4 is 5.73 Å². The number of anilines is 1. The van der Waals surface area contributed by atoms with Crippen LogP contribution in [0, 0.1) is 5.92 Å². The molecule has 2 N–H and O–H groups in total. The summed E-state index contributed by atoms with van der Waals surface area (Å²) >= 11 is 0. The minimum atomic E-state index is 0.0274. The number of likely N-dealkylation sites (tertiary alicyclic amines) is 1. The van der Waals surface area contributed by atoms with E-state index in [0.717, 1.165) is 31.8 Å². The number of piperidine rings is 1. The molecule has 1 aliphatic rings. The zero-order chi connectivity index (χ0) is 12.3. The van der Waals surface area contributed by atoms with Gasteiger partial charge in [0.15, 0.2) is 0 Å². The lowest BCUT2D eigenvalue weighted by molar-refractivity contribution is 0.0683. The standard InChI is InChI=1S/C13H19N3O/c1-2-10-5-7-16(8-6-10)13(17)12-4-3-11(14)9-15-12/h3-4,9-10H,2,5-8,14H2,1H3. The van der Waals surface area contributed by atoms with Gasteiger partial charge in [-0.2, -0.15) is 0 Å². The van der Waals surface area contributed by atoms with Crippen LogP contribution in [0.4, 0.5) is 5.69 Å². The Kier molecular flexibility index (Phi) is 3.61. The monoisotopic (exact) mass is 233 g/mol. The van der Waals surface area contributed by atoms with E-state index in [9.17, 15) is 4.79 Å². The summed E-state index contributed by atoms with van der Waals surface area (Å²) in [5, 5.41) is 0. The number of rotatable bonds is 2. The molecular formula is C13H19N3O. The first-order valence-electron chi connectivity index (χ1n) is 6.21. The molecule has 0 aliphatic carbocycles. The van der Waals surface area contributed by atoms with Gasteiger partial charge in [0.2, 0.25) is 0 Å². The smallest absolute Gasteiger partial charge is 0.272 e. The molecule has 0 unspecified atom stereocenters. The third-order valence-corrected chi connectivity index (χ3v) is 3.48. The van der Waals surface area contributed by atoms with Crippen LogP contribution in [-0.2, 0) is 0 Å². The number of pyridine rings is 1. The molecule has 1 saturated heterocycles. The average molecular weight is 233 g/mol. The van der Waals surface area contributed by atoms with E-state index in [1.54, 1.807) is 12.1 Å². The normalized spacial score (nSPS) is 17.1. The zero-order valence-corrected chi connectivity index (χ0v) is 10.2. The van der Waals surface area contributed by atoms with Gasteiger partial charge in [0.1, 0.15) is 5.69 Å². The van der Waals surface area contributed by atoms with Crippen LogP contribution in [0.3, 0.4) is 0 Å². The molecule has 17 heavy (non-hydrogen) atoms. The van der Waals surface area contributed by atoms with E-state index in [4.69, 9.17) is 5.73 Å². The Hall–Kier alpha value is -1.58. The van der Waals surface area contributed by atoms with Gasteiger partial charge in [-0.3, -0.25) is 4.79 Å². The molecule has 1 aromatic heterocycles. The van der Waals surface area contributed by atoms with Crippen LogP contribution in [0.5, 0.6) is 0 Å². The molecule has 1 aliphatic heterocycles. The van der Waals surface area contributed by atoms with Crippen molar-refractivity contribution in [1.82, 2.24) is 9.88 Å². The fourth-order valence-electron chi connectivity index (χ4n) is 2.24. The Morgan fingerprint density at radius 1 is 1.47 bits per heavy atom. The fraction of sp³-hybridized carbons (Fsp3) is 0.538. The summed E-state index contributed by atoms with van der Waals surface area (Å²) in [6.07, 6.45) is 4.96. The first kappa shape index (κ1) is 11.9. The number of carbonyl (C=O) groups is 1. The van der Waals surface area contributed by atoms with Gasteiger partial charge in [-0.1, -0.05) is 13.3 Å². The second-order valence-electron chi connectivity index (χ2n) is 4.62. The molecule has 1 fully saturated rings. The summed E-state index contributed by atoms with van der Waals surface area (Å²) in [7, 11) is 0. The summed E-state index contributed by atoms with van der Waals surface area (Å²) in [4.78, 5) is 18.1. The Morgan fingerprint density at radius 2 is 2.18 bits per heavy atom. The summed E-state index contributed by atoms with van der Waals surface area (Å²) < 4.78 is 0. The van der Waals surface area contributed by atoms with Crippen molar-refractivity contribution in [2.24, 2.45) is 5.92 Å². The Morgan fingerprint density at radius 3 is 2.71 bits per heavy atom. The fourth-order valence-corrected chi connectivity index (χ4v) is 2.24. The zero-order valence-electron chi connectivity index (χ0n) is 10.2. The highest BCUT2D eigenvalue weighted by atomic mass is 16.2. The highest BCUT2D eigenvalue weighted by Crippen LogP contribution is 2.21. The molecule has 0 radical (unpaired) electrons. The van der Waals surface area contributed by atoms with E-state index in [1.165, 1.54) is 12.6 Å². The van der Waals surface area contributed by atoms with Gasteiger partial charge >= 0.3 is 0 Å². The summed E-state index contributed by atoms with van der Waals surface area (Å²) in [5.74, 6) is 0.804. The average Bonchev–Trinajstić information content (AvgIpc) is 2.39. The minimum Gasteiger partial charge on any atom is -0.397 e. The molecule has 0 bridgehead atoms. The van der Waals surface area contributed by atoms with Crippen LogP contribution in [0.1, 0.15) is 36.7 Å². The number of nitrogens with zero attached hydrogens (tertiary/aromatic N) is 2. The number of amides is 1. The van der Waals surface area contributed by atoms with E-state index in [1.807, 2.05) is 4.90 Å². The summed E-state index contributed by atoms with van der Waals surface area (Å²) in [6.45, 7) is 3.91. The van der Waals surface area contributed by atoms with Gasteiger partial charge in [0.25, 0.3) is 5.91 Å². The van der Waals surface area contributed by atoms with Gasteiger partial charge in [0.05, 0.1) is 11.9 Å². The van der Waals surface area contributed by atoms with Gasteiger partial charge < -0.3 is 10.6 Å². The maximum absolute atomic E-state index is 12.1. The molecule has 0 spiro atoms. The maximum Gasteiger partial charge on any atom is 0.272 e. The first-order valence-corrected chi connectivity index (χ1v) is 6.21. The lowest BCUT2D eigenvalue weighted by Gasteiger charge is -2.31. The van der Waals surface area contributed by atoms with E-state index in [2.05, 4.69) is 11.9 Å². The molecule has 2 rings (SSSR count). The quantitative estimate of drug-likeness (QED) is 0.849. The molecular weight excluding hydrogens is 214 g/mol. The largest absolute Gasteiger partial charge is 0.397 e. The number of carbonyl (C=O) groups excluding carboxylic acids is 1. The van der Waals surface area contributed by atoms with Gasteiger partial charge in [-0.15, -0.1) is 0 Å². The second-order valence-corrected chi connectivity index (χ2v) is 4.62. The van der Waals surface area contributed by atoms with Crippen LogP contribution >= 0.6 is 0 Å². The number of nitrogens with two attached hydrogens (primary N) is 1. The van der Waals surface area contributed by atoms with Crippen molar-refractivity contribution in [3.63, 3.8) is 0 Å². The van der Waals surface area contributed by atoms with Crippen molar-refractivity contribution in [2.75, 3.05) is 18.8 Å². The first-order chi connectivity index (χ1) is 8.20. The molecule has 1 aromatic rings. The number of hydrogen-bond acceptors (Lipinski definition) is 3. The Balaban J connectivity index is 1.99. The molecule has 2 heterocycles. The number of aromatic nitrogens is 1. The molecule has 0 saturated carbocycles. The second kappa shape index (κ2) is 5.17. The molecule has 0 aromatic carbocycles. The van der Waals surface area contributed by atoms with Crippen molar-refractivity contribution in [1.29, 1.82) is 0 Å². The third-order valence-electron chi connectivity index (χ3n) is 3.48.